The van der Waals surface area contributed by atoms with Gasteiger partial charge in [-0.2, -0.15) is 5.10 Å². The third-order valence-electron chi connectivity index (χ3n) is 2.35. The largest absolute Gasteiger partial charge is 0.384 e. The summed E-state index contributed by atoms with van der Waals surface area (Å²) < 4.78 is 13.5. The van der Waals surface area contributed by atoms with Gasteiger partial charge in [-0.05, 0) is 12.1 Å². The van der Waals surface area contributed by atoms with Crippen molar-refractivity contribution in [2.75, 3.05) is 11.5 Å². The maximum atomic E-state index is 13.5. The van der Waals surface area contributed by atoms with Crippen molar-refractivity contribution in [1.82, 2.24) is 10.2 Å². The average molecular weight is 241 g/mol. The summed E-state index contributed by atoms with van der Waals surface area (Å²) in [5, 5.41) is 6.61. The van der Waals surface area contributed by atoms with Crippen molar-refractivity contribution in [3.63, 3.8) is 0 Å². The Morgan fingerprint density at radius 2 is 2.06 bits per heavy atom. The van der Waals surface area contributed by atoms with Crippen LogP contribution in [-0.4, -0.2) is 10.2 Å². The lowest BCUT2D eigenvalue weighted by molar-refractivity contribution is 0.614. The highest BCUT2D eigenvalue weighted by Crippen LogP contribution is 2.26. The highest BCUT2D eigenvalue weighted by Gasteiger charge is 2.13. The molecule has 0 atom stereocenters. The number of H-pyrrole nitrogens is 1. The van der Waals surface area contributed by atoms with Crippen LogP contribution in [0.3, 0.4) is 0 Å². The van der Waals surface area contributed by atoms with Crippen LogP contribution in [0.4, 0.5) is 16.0 Å². The highest BCUT2D eigenvalue weighted by atomic mass is 35.5. The van der Waals surface area contributed by atoms with E-state index in [0.717, 1.165) is 0 Å². The Labute approximate surface area is 96.4 Å². The first kappa shape index (κ1) is 10.8. The molecule has 0 aliphatic carbocycles. The van der Waals surface area contributed by atoms with Gasteiger partial charge in [-0.3, -0.25) is 5.10 Å². The van der Waals surface area contributed by atoms with Gasteiger partial charge >= 0.3 is 0 Å². The number of nitrogens with zero attached hydrogens (tertiary/aromatic N) is 1. The van der Waals surface area contributed by atoms with Gasteiger partial charge < -0.3 is 11.5 Å². The lowest BCUT2D eigenvalue weighted by Crippen LogP contribution is -1.99. The number of hydrogen-bond acceptors (Lipinski definition) is 3. The Morgan fingerprint density at radius 3 is 2.62 bits per heavy atom. The van der Waals surface area contributed by atoms with Gasteiger partial charge in [-0.25, -0.2) is 4.39 Å². The summed E-state index contributed by atoms with van der Waals surface area (Å²) in [4.78, 5) is 0. The van der Waals surface area contributed by atoms with Gasteiger partial charge in [-0.15, -0.1) is 0 Å². The van der Waals surface area contributed by atoms with Crippen LogP contribution in [0.15, 0.2) is 18.2 Å². The number of aromatic nitrogens is 2. The summed E-state index contributed by atoms with van der Waals surface area (Å²) >= 11 is 5.90. The van der Waals surface area contributed by atoms with Crippen LogP contribution in [0, 0.1) is 5.82 Å². The molecule has 0 spiro atoms. The lowest BCUT2D eigenvalue weighted by atomic mass is 10.1. The summed E-state index contributed by atoms with van der Waals surface area (Å²) in [5.74, 6) is 0.209. The van der Waals surface area contributed by atoms with Gasteiger partial charge in [0.1, 0.15) is 11.6 Å². The van der Waals surface area contributed by atoms with Gasteiger partial charge in [0.2, 0.25) is 0 Å². The standard InChI is InChI=1S/C10H10ClFN4/c11-7-2-1-3-8(12)5(7)4-6-9(13)15-16-10(6)14/h1-3H,4H2,(H5,13,14,15,16). The molecule has 0 aliphatic heterocycles. The Hall–Kier alpha value is -1.75. The summed E-state index contributed by atoms with van der Waals surface area (Å²) in [6.45, 7) is 0. The first-order chi connectivity index (χ1) is 7.59. The summed E-state index contributed by atoms with van der Waals surface area (Å²) in [6, 6.07) is 4.50. The third kappa shape index (κ3) is 1.81. The van der Waals surface area contributed by atoms with E-state index >= 15 is 0 Å². The number of benzene rings is 1. The fourth-order valence-electron chi connectivity index (χ4n) is 1.46. The minimum absolute atomic E-state index is 0.222. The van der Waals surface area contributed by atoms with Gasteiger partial charge in [0.25, 0.3) is 0 Å². The van der Waals surface area contributed by atoms with Crippen LogP contribution < -0.4 is 11.5 Å². The van der Waals surface area contributed by atoms with E-state index in [9.17, 15) is 4.39 Å². The van der Waals surface area contributed by atoms with Crippen LogP contribution in [0.2, 0.25) is 5.02 Å². The monoisotopic (exact) mass is 240 g/mol. The van der Waals surface area contributed by atoms with E-state index in [4.69, 9.17) is 23.1 Å². The van der Waals surface area contributed by atoms with Crippen molar-refractivity contribution in [3.05, 3.63) is 40.2 Å². The first-order valence-electron chi connectivity index (χ1n) is 4.60. The molecule has 6 heteroatoms. The molecule has 2 aromatic rings. The molecule has 0 bridgehead atoms. The van der Waals surface area contributed by atoms with E-state index in [1.54, 1.807) is 12.1 Å². The Kier molecular flexibility index (Phi) is 2.70. The molecule has 0 saturated heterocycles. The van der Waals surface area contributed by atoms with Crippen LogP contribution in [0.25, 0.3) is 0 Å². The number of hydrogen-bond donors (Lipinski definition) is 3. The number of nitrogen functional groups attached to an aromatic ring is 2. The molecule has 5 N–H and O–H groups in total. The van der Waals surface area contributed by atoms with Crippen LogP contribution in [0.5, 0.6) is 0 Å². The van der Waals surface area contributed by atoms with E-state index in [-0.39, 0.29) is 18.1 Å². The predicted octanol–water partition coefficient (Wildman–Crippen LogP) is 1.96. The molecule has 84 valence electrons. The molecular weight excluding hydrogens is 231 g/mol. The zero-order valence-electron chi connectivity index (χ0n) is 8.30. The quantitative estimate of drug-likeness (QED) is 0.751. The maximum absolute atomic E-state index is 13.5. The van der Waals surface area contributed by atoms with Crippen molar-refractivity contribution in [2.24, 2.45) is 0 Å². The third-order valence-corrected chi connectivity index (χ3v) is 2.70. The van der Waals surface area contributed by atoms with Crippen molar-refractivity contribution < 1.29 is 4.39 Å². The molecule has 0 fully saturated rings. The molecule has 0 amide bonds. The van der Waals surface area contributed by atoms with Crippen LogP contribution >= 0.6 is 11.6 Å². The SMILES string of the molecule is Nc1n[nH]c(N)c1Cc1c(F)cccc1Cl. The number of halogens is 2. The molecule has 0 saturated carbocycles. The number of anilines is 2. The molecule has 0 unspecified atom stereocenters. The summed E-state index contributed by atoms with van der Waals surface area (Å²) in [5.41, 5.74) is 12.2. The minimum atomic E-state index is -0.382. The van der Waals surface area contributed by atoms with Crippen LogP contribution in [0.1, 0.15) is 11.1 Å². The normalized spacial score (nSPS) is 10.6. The number of aromatic amines is 1. The zero-order chi connectivity index (χ0) is 11.7. The molecule has 1 aromatic heterocycles. The molecule has 1 aromatic carbocycles. The van der Waals surface area contributed by atoms with E-state index in [1.807, 2.05) is 0 Å². The fraction of sp³-hybridized carbons (Fsp3) is 0.100. The van der Waals surface area contributed by atoms with Gasteiger partial charge in [0.05, 0.1) is 0 Å². The first-order valence-corrected chi connectivity index (χ1v) is 4.98. The second-order valence-corrected chi connectivity index (χ2v) is 3.79. The lowest BCUT2D eigenvalue weighted by Gasteiger charge is -2.05. The topological polar surface area (TPSA) is 80.7 Å². The average Bonchev–Trinajstić information content (AvgIpc) is 2.54. The predicted molar refractivity (Wildman–Crippen MR) is 61.6 cm³/mol. The van der Waals surface area contributed by atoms with E-state index in [1.165, 1.54) is 6.07 Å². The number of nitrogens with one attached hydrogen (secondary N) is 1. The molecule has 1 heterocycles. The van der Waals surface area contributed by atoms with Crippen molar-refractivity contribution >= 4 is 23.2 Å². The Morgan fingerprint density at radius 1 is 1.31 bits per heavy atom. The Balaban J connectivity index is 2.41. The van der Waals surface area contributed by atoms with Gasteiger partial charge in [0, 0.05) is 22.6 Å². The fourth-order valence-corrected chi connectivity index (χ4v) is 1.69. The smallest absolute Gasteiger partial charge is 0.150 e. The number of rotatable bonds is 2. The highest BCUT2D eigenvalue weighted by molar-refractivity contribution is 6.31. The molecule has 4 nitrogen and oxygen atoms in total. The number of nitrogens with two attached hydrogens (primary N) is 2. The van der Waals surface area contributed by atoms with Crippen molar-refractivity contribution in [3.8, 4) is 0 Å². The van der Waals surface area contributed by atoms with Crippen molar-refractivity contribution in [2.45, 2.75) is 6.42 Å². The van der Waals surface area contributed by atoms with Crippen LogP contribution in [-0.2, 0) is 6.42 Å². The molecule has 16 heavy (non-hydrogen) atoms. The second-order valence-electron chi connectivity index (χ2n) is 3.38. The van der Waals surface area contributed by atoms with Gasteiger partial charge in [0.15, 0.2) is 5.82 Å². The second kappa shape index (κ2) is 4.02. The minimum Gasteiger partial charge on any atom is -0.384 e. The summed E-state index contributed by atoms with van der Waals surface area (Å²) in [6.07, 6.45) is 0.222. The van der Waals surface area contributed by atoms with Crippen molar-refractivity contribution in [1.29, 1.82) is 0 Å². The molecular formula is C10H10ClFN4. The molecule has 2 rings (SSSR count). The summed E-state index contributed by atoms with van der Waals surface area (Å²) in [7, 11) is 0. The van der Waals surface area contributed by atoms with Gasteiger partial charge in [-0.1, -0.05) is 17.7 Å². The molecule has 0 radical (unpaired) electrons. The zero-order valence-corrected chi connectivity index (χ0v) is 9.05. The van der Waals surface area contributed by atoms with E-state index in [0.29, 0.717) is 22.0 Å². The molecule has 0 aliphatic rings. The van der Waals surface area contributed by atoms with E-state index < -0.39 is 0 Å². The maximum Gasteiger partial charge on any atom is 0.150 e. The Bertz CT molecular complexity index is 484. The van der Waals surface area contributed by atoms with E-state index in [2.05, 4.69) is 10.2 Å².